The second-order valence-electron chi connectivity index (χ2n) is 8.99. The summed E-state index contributed by atoms with van der Waals surface area (Å²) in [6.07, 6.45) is 10.4. The monoisotopic (exact) mass is 394 g/mol. The van der Waals surface area contributed by atoms with E-state index < -0.39 is 0 Å². The van der Waals surface area contributed by atoms with Gasteiger partial charge in [0.2, 0.25) is 0 Å². The molecule has 2 unspecified atom stereocenters. The van der Waals surface area contributed by atoms with E-state index in [4.69, 9.17) is 4.74 Å². The topological polar surface area (TPSA) is 9.23 Å². The fourth-order valence-electron chi connectivity index (χ4n) is 4.49. The van der Waals surface area contributed by atoms with Gasteiger partial charge < -0.3 is 4.74 Å². The second kappa shape index (κ2) is 12.2. The highest BCUT2D eigenvalue weighted by atomic mass is 16.5. The van der Waals surface area contributed by atoms with Crippen molar-refractivity contribution in [3.63, 3.8) is 0 Å². The minimum atomic E-state index is 0.363. The van der Waals surface area contributed by atoms with Gasteiger partial charge in [-0.15, -0.1) is 0 Å². The summed E-state index contributed by atoms with van der Waals surface area (Å²) < 4.78 is 6.25. The van der Waals surface area contributed by atoms with Gasteiger partial charge in [0.15, 0.2) is 0 Å². The van der Waals surface area contributed by atoms with Gasteiger partial charge in [-0.25, -0.2) is 0 Å². The lowest BCUT2D eigenvalue weighted by molar-refractivity contribution is -0.00215. The third-order valence-electron chi connectivity index (χ3n) is 6.33. The van der Waals surface area contributed by atoms with Gasteiger partial charge in [-0.2, -0.15) is 0 Å². The van der Waals surface area contributed by atoms with Gasteiger partial charge in [-0.1, -0.05) is 49.2 Å². The summed E-state index contributed by atoms with van der Waals surface area (Å²) in [5.41, 5.74) is 8.82. The number of benzene rings is 2. The molecule has 0 saturated heterocycles. The molecule has 0 aromatic heterocycles. The van der Waals surface area contributed by atoms with Crippen LogP contribution in [0.3, 0.4) is 0 Å². The van der Waals surface area contributed by atoms with Crippen molar-refractivity contribution in [3.05, 3.63) is 69.8 Å². The van der Waals surface area contributed by atoms with E-state index in [-0.39, 0.29) is 0 Å². The molecule has 2 rings (SSSR count). The molecule has 2 aromatic carbocycles. The Morgan fingerprint density at radius 3 is 1.28 bits per heavy atom. The number of aryl methyl sites for hydroxylation is 4. The summed E-state index contributed by atoms with van der Waals surface area (Å²) >= 11 is 0. The van der Waals surface area contributed by atoms with Crippen LogP contribution in [0.4, 0.5) is 0 Å². The third-order valence-corrected chi connectivity index (χ3v) is 6.33. The number of rotatable bonds is 12. The molecule has 0 radical (unpaired) electrons. The first-order valence-electron chi connectivity index (χ1n) is 11.6. The molecule has 29 heavy (non-hydrogen) atoms. The molecule has 0 saturated carbocycles. The molecule has 160 valence electrons. The molecule has 2 aromatic rings. The lowest BCUT2D eigenvalue weighted by atomic mass is 9.97. The van der Waals surface area contributed by atoms with Crippen LogP contribution >= 0.6 is 0 Å². The van der Waals surface area contributed by atoms with Crippen molar-refractivity contribution >= 4 is 0 Å². The van der Waals surface area contributed by atoms with E-state index in [0.717, 1.165) is 12.8 Å². The molecule has 1 nitrogen and oxygen atoms in total. The van der Waals surface area contributed by atoms with Gasteiger partial charge in [0.25, 0.3) is 0 Å². The summed E-state index contributed by atoms with van der Waals surface area (Å²) in [5.74, 6) is 0. The Morgan fingerprint density at radius 2 is 0.931 bits per heavy atom. The van der Waals surface area contributed by atoms with Crippen LogP contribution in [-0.2, 0) is 17.6 Å². The first-order chi connectivity index (χ1) is 13.9. The summed E-state index contributed by atoms with van der Waals surface area (Å²) in [6.45, 7) is 13.4. The van der Waals surface area contributed by atoms with Crippen LogP contribution in [0.25, 0.3) is 0 Å². The zero-order valence-electron chi connectivity index (χ0n) is 19.7. The average Bonchev–Trinajstić information content (AvgIpc) is 2.66. The van der Waals surface area contributed by atoms with Crippen molar-refractivity contribution in [2.75, 3.05) is 0 Å². The van der Waals surface area contributed by atoms with Gasteiger partial charge in [0, 0.05) is 0 Å². The molecule has 0 aliphatic rings. The average molecular weight is 395 g/mol. The van der Waals surface area contributed by atoms with Crippen LogP contribution in [-0.4, -0.2) is 12.2 Å². The Labute approximate surface area is 179 Å². The molecule has 0 amide bonds. The predicted molar refractivity (Wildman–Crippen MR) is 127 cm³/mol. The van der Waals surface area contributed by atoms with Crippen LogP contribution in [0, 0.1) is 27.7 Å². The largest absolute Gasteiger partial charge is 0.376 e. The standard InChI is InChI=1S/C28H42O/c1-21-13-11-14-22(2)27(21)19-9-7-17-25(5)29-26(6)18-8-10-20-28-23(3)15-12-16-24(28)4/h11-16,25-26H,7-10,17-20H2,1-6H3. The van der Waals surface area contributed by atoms with Crippen molar-refractivity contribution in [1.29, 1.82) is 0 Å². The SMILES string of the molecule is Cc1cccc(C)c1CCCCC(C)OC(C)CCCCc1c(C)cccc1C. The third kappa shape index (κ3) is 7.97. The van der Waals surface area contributed by atoms with Crippen molar-refractivity contribution in [3.8, 4) is 0 Å². The molecule has 0 aliphatic heterocycles. The van der Waals surface area contributed by atoms with Gasteiger partial charge >= 0.3 is 0 Å². The van der Waals surface area contributed by atoms with Crippen LogP contribution in [0.2, 0.25) is 0 Å². The highest BCUT2D eigenvalue weighted by Crippen LogP contribution is 2.19. The molecule has 0 aliphatic carbocycles. The maximum atomic E-state index is 6.25. The highest BCUT2D eigenvalue weighted by Gasteiger charge is 2.10. The van der Waals surface area contributed by atoms with Gasteiger partial charge in [0.1, 0.15) is 0 Å². The Balaban J connectivity index is 1.59. The van der Waals surface area contributed by atoms with E-state index in [2.05, 4.69) is 77.9 Å². The lowest BCUT2D eigenvalue weighted by Gasteiger charge is -2.19. The Morgan fingerprint density at radius 1 is 0.586 bits per heavy atom. The molecule has 2 atom stereocenters. The highest BCUT2D eigenvalue weighted by molar-refractivity contribution is 5.34. The van der Waals surface area contributed by atoms with Crippen LogP contribution in [0.5, 0.6) is 0 Å². The number of ether oxygens (including phenoxy) is 1. The molecule has 0 N–H and O–H groups in total. The minimum absolute atomic E-state index is 0.363. The van der Waals surface area contributed by atoms with E-state index in [1.54, 1.807) is 11.1 Å². The van der Waals surface area contributed by atoms with Crippen molar-refractivity contribution < 1.29 is 4.74 Å². The fraction of sp³-hybridized carbons (Fsp3) is 0.571. The Hall–Kier alpha value is -1.60. The molecular formula is C28H42O. The molecule has 0 bridgehead atoms. The van der Waals surface area contributed by atoms with Crippen LogP contribution < -0.4 is 0 Å². The Bertz CT molecular complexity index is 642. The minimum Gasteiger partial charge on any atom is -0.376 e. The zero-order valence-corrected chi connectivity index (χ0v) is 19.7. The van der Waals surface area contributed by atoms with E-state index >= 15 is 0 Å². The van der Waals surface area contributed by atoms with Crippen LogP contribution in [0.15, 0.2) is 36.4 Å². The molecule has 0 fully saturated rings. The number of hydrogen-bond donors (Lipinski definition) is 0. The van der Waals surface area contributed by atoms with E-state index in [1.807, 2.05) is 0 Å². The first kappa shape index (κ1) is 23.7. The quantitative estimate of drug-likeness (QED) is 0.333. The number of hydrogen-bond acceptors (Lipinski definition) is 1. The van der Waals surface area contributed by atoms with Gasteiger partial charge in [-0.3, -0.25) is 0 Å². The summed E-state index contributed by atoms with van der Waals surface area (Å²) in [5, 5.41) is 0. The first-order valence-corrected chi connectivity index (χ1v) is 11.6. The second-order valence-corrected chi connectivity index (χ2v) is 8.99. The lowest BCUT2D eigenvalue weighted by Crippen LogP contribution is -2.17. The molecular weight excluding hydrogens is 352 g/mol. The molecule has 1 heteroatoms. The number of unbranched alkanes of at least 4 members (excludes halogenated alkanes) is 2. The normalized spacial score (nSPS) is 13.4. The van der Waals surface area contributed by atoms with Crippen molar-refractivity contribution in [2.24, 2.45) is 0 Å². The maximum Gasteiger partial charge on any atom is 0.0550 e. The van der Waals surface area contributed by atoms with E-state index in [1.165, 1.54) is 60.8 Å². The fourth-order valence-corrected chi connectivity index (χ4v) is 4.49. The van der Waals surface area contributed by atoms with Crippen LogP contribution in [0.1, 0.15) is 85.8 Å². The Kier molecular flexibility index (Phi) is 9.94. The summed E-state index contributed by atoms with van der Waals surface area (Å²) in [7, 11) is 0. The van der Waals surface area contributed by atoms with Crippen molar-refractivity contribution in [1.82, 2.24) is 0 Å². The van der Waals surface area contributed by atoms with E-state index in [9.17, 15) is 0 Å². The van der Waals surface area contributed by atoms with Gasteiger partial charge in [0.05, 0.1) is 12.2 Å². The van der Waals surface area contributed by atoms with Crippen molar-refractivity contribution in [2.45, 2.75) is 105 Å². The van der Waals surface area contributed by atoms with E-state index in [0.29, 0.717) is 12.2 Å². The predicted octanol–water partition coefficient (Wildman–Crippen LogP) is 7.84. The summed E-state index contributed by atoms with van der Waals surface area (Å²) in [6, 6.07) is 13.2. The summed E-state index contributed by atoms with van der Waals surface area (Å²) in [4.78, 5) is 0. The zero-order chi connectivity index (χ0) is 21.2. The molecule has 0 spiro atoms. The smallest absolute Gasteiger partial charge is 0.0550 e. The molecule has 0 heterocycles. The van der Waals surface area contributed by atoms with Gasteiger partial charge in [-0.05, 0) is 113 Å². The maximum absolute atomic E-state index is 6.25.